The van der Waals surface area contributed by atoms with Crippen LogP contribution in [0.3, 0.4) is 0 Å². The van der Waals surface area contributed by atoms with Gasteiger partial charge in [-0.3, -0.25) is 4.79 Å². The lowest BCUT2D eigenvalue weighted by molar-refractivity contribution is -0.150. The summed E-state index contributed by atoms with van der Waals surface area (Å²) >= 11 is 5.94. The lowest BCUT2D eigenvalue weighted by Crippen LogP contribution is -2.46. The number of amides is 1. The first-order valence-corrected chi connectivity index (χ1v) is 7.24. The van der Waals surface area contributed by atoms with Crippen molar-refractivity contribution in [2.45, 2.75) is 38.8 Å². The van der Waals surface area contributed by atoms with E-state index in [1.165, 1.54) is 4.90 Å². The van der Waals surface area contributed by atoms with E-state index in [4.69, 9.17) is 21.4 Å². The Hall–Kier alpha value is -1.75. The lowest BCUT2D eigenvalue weighted by Gasteiger charge is -2.25. The molecular weight excluding hydrogens is 294 g/mol. The van der Waals surface area contributed by atoms with E-state index in [9.17, 15) is 9.59 Å². The fourth-order valence-corrected chi connectivity index (χ4v) is 2.58. The van der Waals surface area contributed by atoms with Crippen molar-refractivity contribution >= 4 is 23.5 Å². The third-order valence-electron chi connectivity index (χ3n) is 3.61. The number of likely N-dealkylation sites (tertiary alicyclic amines) is 1. The van der Waals surface area contributed by atoms with Crippen LogP contribution >= 0.6 is 11.6 Å². The Morgan fingerprint density at radius 1 is 1.48 bits per heavy atom. The molecule has 0 bridgehead atoms. The van der Waals surface area contributed by atoms with Crippen LogP contribution in [0.4, 0.5) is 0 Å². The van der Waals surface area contributed by atoms with Crippen LogP contribution in [0.5, 0.6) is 5.75 Å². The van der Waals surface area contributed by atoms with Gasteiger partial charge in [-0.2, -0.15) is 0 Å². The highest BCUT2D eigenvalue weighted by Crippen LogP contribution is 2.23. The molecule has 114 valence electrons. The monoisotopic (exact) mass is 311 g/mol. The van der Waals surface area contributed by atoms with Crippen LogP contribution in [0.1, 0.15) is 25.3 Å². The van der Waals surface area contributed by atoms with E-state index in [0.29, 0.717) is 30.2 Å². The van der Waals surface area contributed by atoms with Crippen LogP contribution in [-0.2, 0) is 9.59 Å². The molecule has 1 unspecified atom stereocenters. The molecule has 1 heterocycles. The highest BCUT2D eigenvalue weighted by molar-refractivity contribution is 6.31. The van der Waals surface area contributed by atoms with Crippen molar-refractivity contribution in [1.82, 2.24) is 4.90 Å². The number of rotatable bonds is 4. The first-order valence-electron chi connectivity index (χ1n) is 6.86. The molecule has 1 aromatic rings. The SMILES string of the molecule is Cc1cc(OC(C)C(=O)N2CCC[C@H]2C(=O)O)ccc1Cl. The molecule has 1 aliphatic heterocycles. The number of ether oxygens (including phenoxy) is 1. The Morgan fingerprint density at radius 2 is 2.19 bits per heavy atom. The number of nitrogens with zero attached hydrogens (tertiary/aromatic N) is 1. The molecule has 6 heteroatoms. The molecular formula is C15H18ClNO4. The summed E-state index contributed by atoms with van der Waals surface area (Å²) in [5.41, 5.74) is 0.860. The molecule has 21 heavy (non-hydrogen) atoms. The second kappa shape index (κ2) is 6.35. The second-order valence-electron chi connectivity index (χ2n) is 5.20. The maximum atomic E-state index is 12.3. The van der Waals surface area contributed by atoms with Gasteiger partial charge in [0.05, 0.1) is 0 Å². The van der Waals surface area contributed by atoms with Crippen LogP contribution in [-0.4, -0.2) is 40.6 Å². The van der Waals surface area contributed by atoms with E-state index in [-0.39, 0.29) is 5.91 Å². The number of carbonyl (C=O) groups is 2. The van der Waals surface area contributed by atoms with Crippen molar-refractivity contribution in [3.05, 3.63) is 28.8 Å². The third-order valence-corrected chi connectivity index (χ3v) is 4.04. The minimum absolute atomic E-state index is 0.299. The molecule has 1 aliphatic rings. The van der Waals surface area contributed by atoms with Crippen molar-refractivity contribution < 1.29 is 19.4 Å². The Balaban J connectivity index is 2.05. The van der Waals surface area contributed by atoms with Gasteiger partial charge in [0.15, 0.2) is 6.10 Å². The number of hydrogen-bond acceptors (Lipinski definition) is 3. The van der Waals surface area contributed by atoms with Gasteiger partial charge in [-0.1, -0.05) is 11.6 Å². The topological polar surface area (TPSA) is 66.8 Å². The molecule has 1 aromatic carbocycles. The number of carboxylic acids is 1. The van der Waals surface area contributed by atoms with Crippen molar-refractivity contribution in [1.29, 1.82) is 0 Å². The summed E-state index contributed by atoms with van der Waals surface area (Å²) in [5.74, 6) is -0.716. The molecule has 2 rings (SSSR count). The minimum atomic E-state index is -0.963. The number of aliphatic carboxylic acids is 1. The van der Waals surface area contributed by atoms with E-state index in [2.05, 4.69) is 0 Å². The van der Waals surface area contributed by atoms with E-state index < -0.39 is 18.1 Å². The largest absolute Gasteiger partial charge is 0.481 e. The highest BCUT2D eigenvalue weighted by Gasteiger charge is 2.36. The number of carboxylic acid groups (broad SMARTS) is 1. The molecule has 0 aromatic heterocycles. The summed E-state index contributed by atoms with van der Waals surface area (Å²) in [4.78, 5) is 24.8. The summed E-state index contributed by atoms with van der Waals surface area (Å²) < 4.78 is 5.61. The van der Waals surface area contributed by atoms with Gasteiger partial charge >= 0.3 is 5.97 Å². The maximum Gasteiger partial charge on any atom is 0.326 e. The number of benzene rings is 1. The van der Waals surface area contributed by atoms with E-state index in [1.54, 1.807) is 25.1 Å². The smallest absolute Gasteiger partial charge is 0.326 e. The van der Waals surface area contributed by atoms with Gasteiger partial charge in [0.2, 0.25) is 0 Å². The number of carbonyl (C=O) groups excluding carboxylic acids is 1. The predicted octanol–water partition coefficient (Wildman–Crippen LogP) is 2.49. The predicted molar refractivity (Wildman–Crippen MR) is 78.6 cm³/mol. The highest BCUT2D eigenvalue weighted by atomic mass is 35.5. The summed E-state index contributed by atoms with van der Waals surface area (Å²) in [6.45, 7) is 3.94. The Kier molecular flexibility index (Phi) is 4.73. The van der Waals surface area contributed by atoms with Gasteiger partial charge in [-0.05, 0) is 50.5 Å². The Bertz CT molecular complexity index is 561. The number of hydrogen-bond donors (Lipinski definition) is 1. The summed E-state index contributed by atoms with van der Waals surface area (Å²) in [7, 11) is 0. The normalized spacial score (nSPS) is 19.4. The third kappa shape index (κ3) is 3.47. The minimum Gasteiger partial charge on any atom is -0.481 e. The molecule has 0 radical (unpaired) electrons. The number of aryl methyl sites for hydroxylation is 1. The average molecular weight is 312 g/mol. The quantitative estimate of drug-likeness (QED) is 0.927. The van der Waals surface area contributed by atoms with Crippen molar-refractivity contribution in [2.24, 2.45) is 0 Å². The van der Waals surface area contributed by atoms with E-state index in [0.717, 1.165) is 5.56 Å². The van der Waals surface area contributed by atoms with Crippen LogP contribution in [0.25, 0.3) is 0 Å². The molecule has 1 amide bonds. The standard InChI is InChI=1S/C15H18ClNO4/c1-9-8-11(5-6-12(9)16)21-10(2)14(18)17-7-3-4-13(17)15(19)20/h5-6,8,10,13H,3-4,7H2,1-2H3,(H,19,20)/t10?,13-/m0/s1. The first kappa shape index (κ1) is 15.6. The van der Waals surface area contributed by atoms with Crippen molar-refractivity contribution in [3.8, 4) is 5.75 Å². The van der Waals surface area contributed by atoms with Gasteiger partial charge < -0.3 is 14.7 Å². The molecule has 1 fully saturated rings. The second-order valence-corrected chi connectivity index (χ2v) is 5.61. The van der Waals surface area contributed by atoms with Gasteiger partial charge in [0.1, 0.15) is 11.8 Å². The van der Waals surface area contributed by atoms with Gasteiger partial charge in [0.25, 0.3) is 5.91 Å². The zero-order chi connectivity index (χ0) is 15.6. The molecule has 1 saturated heterocycles. The van der Waals surface area contributed by atoms with Crippen molar-refractivity contribution in [3.63, 3.8) is 0 Å². The van der Waals surface area contributed by atoms with Gasteiger partial charge in [-0.25, -0.2) is 4.79 Å². The van der Waals surface area contributed by atoms with Gasteiger partial charge in [-0.15, -0.1) is 0 Å². The fraction of sp³-hybridized carbons (Fsp3) is 0.467. The van der Waals surface area contributed by atoms with E-state index >= 15 is 0 Å². The van der Waals surface area contributed by atoms with E-state index in [1.807, 2.05) is 6.92 Å². The molecule has 0 saturated carbocycles. The molecule has 2 atom stereocenters. The van der Waals surface area contributed by atoms with Gasteiger partial charge in [0, 0.05) is 11.6 Å². The summed E-state index contributed by atoms with van der Waals surface area (Å²) in [6.07, 6.45) is 0.467. The average Bonchev–Trinajstić information content (AvgIpc) is 2.91. The Morgan fingerprint density at radius 3 is 2.81 bits per heavy atom. The van der Waals surface area contributed by atoms with Crippen LogP contribution in [0.15, 0.2) is 18.2 Å². The summed E-state index contributed by atoms with van der Waals surface area (Å²) in [6, 6.07) is 4.41. The van der Waals surface area contributed by atoms with Crippen LogP contribution < -0.4 is 4.74 Å². The molecule has 5 nitrogen and oxygen atoms in total. The maximum absolute atomic E-state index is 12.3. The molecule has 0 aliphatic carbocycles. The zero-order valence-electron chi connectivity index (χ0n) is 12.0. The number of halogens is 1. The molecule has 0 spiro atoms. The van der Waals surface area contributed by atoms with Crippen LogP contribution in [0, 0.1) is 6.92 Å². The lowest BCUT2D eigenvalue weighted by atomic mass is 10.2. The fourth-order valence-electron chi connectivity index (χ4n) is 2.47. The summed E-state index contributed by atoms with van der Waals surface area (Å²) in [5, 5.41) is 9.75. The van der Waals surface area contributed by atoms with Crippen LogP contribution in [0.2, 0.25) is 5.02 Å². The zero-order valence-corrected chi connectivity index (χ0v) is 12.8. The first-order chi connectivity index (χ1) is 9.90. The van der Waals surface area contributed by atoms with Crippen molar-refractivity contribution in [2.75, 3.05) is 6.54 Å². The Labute approximate surface area is 128 Å². The molecule has 1 N–H and O–H groups in total.